The molecule has 1 amide bonds. The smallest absolute Gasteiger partial charge is 0.254 e. The summed E-state index contributed by atoms with van der Waals surface area (Å²) in [6.45, 7) is 7.88. The zero-order valence-electron chi connectivity index (χ0n) is 12.7. The average Bonchev–Trinajstić information content (AvgIpc) is 2.38. The molecule has 110 valence electrons. The SMILES string of the molecule is Cc1cc(C)c(C(=O)N2CCCC(CCCl)C2)c(C)c1. The fraction of sp³-hybridized carbons (Fsp3) is 0.588. The van der Waals surface area contributed by atoms with Gasteiger partial charge in [-0.05, 0) is 57.1 Å². The summed E-state index contributed by atoms with van der Waals surface area (Å²) in [7, 11) is 0. The van der Waals surface area contributed by atoms with Gasteiger partial charge in [-0.15, -0.1) is 11.6 Å². The number of nitrogens with zero attached hydrogens (tertiary/aromatic N) is 1. The molecule has 1 fully saturated rings. The maximum absolute atomic E-state index is 12.8. The first-order chi connectivity index (χ1) is 9.52. The van der Waals surface area contributed by atoms with E-state index in [1.54, 1.807) is 0 Å². The van der Waals surface area contributed by atoms with E-state index in [0.29, 0.717) is 11.8 Å². The average molecular weight is 294 g/mol. The number of likely N-dealkylation sites (tertiary alicyclic amines) is 1. The maximum Gasteiger partial charge on any atom is 0.254 e. The Hall–Kier alpha value is -1.02. The van der Waals surface area contributed by atoms with E-state index in [2.05, 4.69) is 19.1 Å². The molecule has 0 saturated carbocycles. The van der Waals surface area contributed by atoms with Crippen molar-refractivity contribution in [3.8, 4) is 0 Å². The minimum atomic E-state index is 0.194. The van der Waals surface area contributed by atoms with E-state index in [1.807, 2.05) is 18.7 Å². The molecule has 0 radical (unpaired) electrons. The Morgan fingerprint density at radius 1 is 1.30 bits per heavy atom. The molecule has 2 rings (SSSR count). The van der Waals surface area contributed by atoms with Crippen LogP contribution in [-0.4, -0.2) is 29.8 Å². The minimum Gasteiger partial charge on any atom is -0.338 e. The van der Waals surface area contributed by atoms with Crippen molar-refractivity contribution in [2.24, 2.45) is 5.92 Å². The van der Waals surface area contributed by atoms with Gasteiger partial charge < -0.3 is 4.90 Å². The summed E-state index contributed by atoms with van der Waals surface area (Å²) in [4.78, 5) is 14.8. The van der Waals surface area contributed by atoms with Gasteiger partial charge in [-0.3, -0.25) is 4.79 Å². The van der Waals surface area contributed by atoms with E-state index in [1.165, 1.54) is 12.0 Å². The normalized spacial score (nSPS) is 19.2. The van der Waals surface area contributed by atoms with Crippen molar-refractivity contribution in [3.63, 3.8) is 0 Å². The summed E-state index contributed by atoms with van der Waals surface area (Å²) >= 11 is 5.84. The van der Waals surface area contributed by atoms with E-state index in [-0.39, 0.29) is 5.91 Å². The Bertz CT molecular complexity index is 473. The number of benzene rings is 1. The zero-order valence-corrected chi connectivity index (χ0v) is 13.5. The Balaban J connectivity index is 2.19. The zero-order chi connectivity index (χ0) is 14.7. The first-order valence-electron chi connectivity index (χ1n) is 7.46. The number of aryl methyl sites for hydroxylation is 3. The summed E-state index contributed by atoms with van der Waals surface area (Å²) in [5, 5.41) is 0. The van der Waals surface area contributed by atoms with Crippen LogP contribution in [0.2, 0.25) is 0 Å². The molecule has 1 atom stereocenters. The van der Waals surface area contributed by atoms with Gasteiger partial charge in [-0.25, -0.2) is 0 Å². The summed E-state index contributed by atoms with van der Waals surface area (Å²) in [5.74, 6) is 1.45. The number of hydrogen-bond donors (Lipinski definition) is 0. The molecule has 1 aliphatic heterocycles. The van der Waals surface area contributed by atoms with Crippen molar-refractivity contribution in [1.82, 2.24) is 4.90 Å². The van der Waals surface area contributed by atoms with Crippen molar-refractivity contribution in [3.05, 3.63) is 34.4 Å². The van der Waals surface area contributed by atoms with Crippen LogP contribution < -0.4 is 0 Å². The minimum absolute atomic E-state index is 0.194. The molecule has 2 nitrogen and oxygen atoms in total. The van der Waals surface area contributed by atoms with Crippen LogP contribution in [-0.2, 0) is 0 Å². The standard InChI is InChI=1S/C17H24ClNO/c1-12-9-13(2)16(14(3)10-12)17(20)19-8-4-5-15(11-19)6-7-18/h9-10,15H,4-8,11H2,1-3H3. The number of alkyl halides is 1. The molecule has 1 aliphatic rings. The lowest BCUT2D eigenvalue weighted by molar-refractivity contribution is 0.0670. The lowest BCUT2D eigenvalue weighted by Gasteiger charge is -2.33. The topological polar surface area (TPSA) is 20.3 Å². The molecule has 1 aromatic rings. The number of hydrogen-bond acceptors (Lipinski definition) is 1. The van der Waals surface area contributed by atoms with Gasteiger partial charge in [0.05, 0.1) is 0 Å². The predicted molar refractivity (Wildman–Crippen MR) is 84.6 cm³/mol. The largest absolute Gasteiger partial charge is 0.338 e. The summed E-state index contributed by atoms with van der Waals surface area (Å²) in [5.41, 5.74) is 4.29. The van der Waals surface area contributed by atoms with Crippen LogP contribution in [0.5, 0.6) is 0 Å². The van der Waals surface area contributed by atoms with Crippen molar-refractivity contribution >= 4 is 17.5 Å². The number of carbonyl (C=O) groups is 1. The highest BCUT2D eigenvalue weighted by molar-refractivity contribution is 6.17. The molecule has 1 heterocycles. The fourth-order valence-electron chi connectivity index (χ4n) is 3.31. The Morgan fingerprint density at radius 3 is 2.55 bits per heavy atom. The van der Waals surface area contributed by atoms with Gasteiger partial charge >= 0.3 is 0 Å². The monoisotopic (exact) mass is 293 g/mol. The fourth-order valence-corrected chi connectivity index (χ4v) is 3.62. The maximum atomic E-state index is 12.8. The van der Waals surface area contributed by atoms with Crippen LogP contribution in [0.1, 0.15) is 46.3 Å². The summed E-state index contributed by atoms with van der Waals surface area (Å²) in [6.07, 6.45) is 3.30. The van der Waals surface area contributed by atoms with Gasteiger partial charge in [0, 0.05) is 24.5 Å². The number of rotatable bonds is 3. The van der Waals surface area contributed by atoms with Crippen LogP contribution in [0.3, 0.4) is 0 Å². The van der Waals surface area contributed by atoms with E-state index in [9.17, 15) is 4.79 Å². The summed E-state index contributed by atoms with van der Waals surface area (Å²) < 4.78 is 0. The van der Waals surface area contributed by atoms with E-state index in [4.69, 9.17) is 11.6 Å². The molecule has 0 aromatic heterocycles. The van der Waals surface area contributed by atoms with E-state index < -0.39 is 0 Å². The second kappa shape index (κ2) is 6.62. The number of amides is 1. The van der Waals surface area contributed by atoms with Gasteiger partial charge in [-0.2, -0.15) is 0 Å². The quantitative estimate of drug-likeness (QED) is 0.769. The molecule has 20 heavy (non-hydrogen) atoms. The molecular formula is C17H24ClNO. The third kappa shape index (κ3) is 3.35. The predicted octanol–water partition coefficient (Wildman–Crippen LogP) is 4.09. The molecule has 0 N–H and O–H groups in total. The Kier molecular flexibility index (Phi) is 5.09. The van der Waals surface area contributed by atoms with Crippen molar-refractivity contribution in [2.45, 2.75) is 40.0 Å². The molecule has 1 aromatic carbocycles. The lowest BCUT2D eigenvalue weighted by Crippen LogP contribution is -2.40. The first kappa shape index (κ1) is 15.4. The van der Waals surface area contributed by atoms with Crippen LogP contribution in [0.15, 0.2) is 12.1 Å². The highest BCUT2D eigenvalue weighted by Crippen LogP contribution is 2.24. The van der Waals surface area contributed by atoms with E-state index in [0.717, 1.165) is 42.6 Å². The third-order valence-corrected chi connectivity index (χ3v) is 4.43. The van der Waals surface area contributed by atoms with Gasteiger partial charge in [0.1, 0.15) is 0 Å². The van der Waals surface area contributed by atoms with E-state index >= 15 is 0 Å². The third-order valence-electron chi connectivity index (χ3n) is 4.21. The highest BCUT2D eigenvalue weighted by Gasteiger charge is 2.25. The van der Waals surface area contributed by atoms with Crippen LogP contribution in [0, 0.1) is 26.7 Å². The van der Waals surface area contributed by atoms with Gasteiger partial charge in [0.15, 0.2) is 0 Å². The lowest BCUT2D eigenvalue weighted by atomic mass is 9.93. The van der Waals surface area contributed by atoms with Crippen molar-refractivity contribution in [2.75, 3.05) is 19.0 Å². The number of halogens is 1. The number of carbonyl (C=O) groups excluding carboxylic acids is 1. The molecule has 1 saturated heterocycles. The molecule has 1 unspecified atom stereocenters. The van der Waals surface area contributed by atoms with Crippen LogP contribution in [0.25, 0.3) is 0 Å². The van der Waals surface area contributed by atoms with Crippen molar-refractivity contribution in [1.29, 1.82) is 0 Å². The molecule has 0 bridgehead atoms. The van der Waals surface area contributed by atoms with Crippen LogP contribution >= 0.6 is 11.6 Å². The highest BCUT2D eigenvalue weighted by atomic mass is 35.5. The molecule has 0 aliphatic carbocycles. The molecular weight excluding hydrogens is 270 g/mol. The first-order valence-corrected chi connectivity index (χ1v) is 7.99. The van der Waals surface area contributed by atoms with Gasteiger partial charge in [0.25, 0.3) is 5.91 Å². The molecule has 3 heteroatoms. The van der Waals surface area contributed by atoms with Gasteiger partial charge in [-0.1, -0.05) is 17.7 Å². The number of piperidine rings is 1. The second-order valence-corrected chi connectivity index (χ2v) is 6.39. The van der Waals surface area contributed by atoms with Crippen LogP contribution in [0.4, 0.5) is 0 Å². The summed E-state index contributed by atoms with van der Waals surface area (Å²) in [6, 6.07) is 4.20. The van der Waals surface area contributed by atoms with Crippen molar-refractivity contribution < 1.29 is 4.79 Å². The Morgan fingerprint density at radius 2 is 1.95 bits per heavy atom. The Labute approximate surface area is 127 Å². The van der Waals surface area contributed by atoms with Gasteiger partial charge in [0.2, 0.25) is 0 Å². The molecule has 0 spiro atoms. The second-order valence-electron chi connectivity index (χ2n) is 6.01.